The van der Waals surface area contributed by atoms with E-state index in [1.165, 1.54) is 6.07 Å². The molecule has 0 aliphatic rings. The molecule has 2 aromatic rings. The second kappa shape index (κ2) is 4.83. The summed E-state index contributed by atoms with van der Waals surface area (Å²) < 4.78 is 0. The molecule has 0 spiro atoms. The van der Waals surface area contributed by atoms with Gasteiger partial charge < -0.3 is 11.1 Å². The standard InChI is InChI=1S/C13H14N4O/c1-8-3-4-12(15-7-8)17-13(18)10-5-9(2)16-11(14)6-10/h3-7H,1-2H3,(H2,14,16)(H,15,17,18). The number of nitrogens with two attached hydrogens (primary N) is 1. The number of rotatable bonds is 2. The highest BCUT2D eigenvalue weighted by molar-refractivity contribution is 6.04. The van der Waals surface area contributed by atoms with E-state index in [9.17, 15) is 4.79 Å². The van der Waals surface area contributed by atoms with Crippen LogP contribution in [0.3, 0.4) is 0 Å². The predicted molar refractivity (Wildman–Crippen MR) is 70.3 cm³/mol. The lowest BCUT2D eigenvalue weighted by Crippen LogP contribution is -2.14. The summed E-state index contributed by atoms with van der Waals surface area (Å²) in [5.41, 5.74) is 7.82. The summed E-state index contributed by atoms with van der Waals surface area (Å²) >= 11 is 0. The zero-order valence-corrected chi connectivity index (χ0v) is 10.3. The summed E-state index contributed by atoms with van der Waals surface area (Å²) in [5.74, 6) is 0.596. The van der Waals surface area contributed by atoms with Gasteiger partial charge in [0.1, 0.15) is 11.6 Å². The molecule has 2 rings (SSSR count). The van der Waals surface area contributed by atoms with Gasteiger partial charge in [-0.05, 0) is 37.6 Å². The number of aryl methyl sites for hydroxylation is 2. The van der Waals surface area contributed by atoms with E-state index in [2.05, 4.69) is 15.3 Å². The van der Waals surface area contributed by atoms with Crippen LogP contribution in [0.1, 0.15) is 21.6 Å². The number of anilines is 2. The smallest absolute Gasteiger partial charge is 0.257 e. The summed E-state index contributed by atoms with van der Waals surface area (Å²) in [7, 11) is 0. The molecule has 0 atom stereocenters. The Bertz CT molecular complexity index is 558. The molecule has 5 heteroatoms. The molecule has 0 bridgehead atoms. The Kier molecular flexibility index (Phi) is 3.23. The number of hydrogen-bond acceptors (Lipinski definition) is 4. The molecule has 92 valence electrons. The van der Waals surface area contributed by atoms with Crippen LogP contribution < -0.4 is 11.1 Å². The second-order valence-corrected chi connectivity index (χ2v) is 4.10. The number of amides is 1. The first-order valence-electron chi connectivity index (χ1n) is 5.53. The van der Waals surface area contributed by atoms with Crippen LogP contribution in [0.15, 0.2) is 30.5 Å². The molecule has 18 heavy (non-hydrogen) atoms. The van der Waals surface area contributed by atoms with E-state index in [1.807, 2.05) is 13.0 Å². The van der Waals surface area contributed by atoms with Crippen LogP contribution in [-0.2, 0) is 0 Å². The molecular formula is C13H14N4O. The zero-order valence-electron chi connectivity index (χ0n) is 10.3. The summed E-state index contributed by atoms with van der Waals surface area (Å²) in [6.07, 6.45) is 1.70. The predicted octanol–water partition coefficient (Wildman–Crippen LogP) is 1.93. The highest BCUT2D eigenvalue weighted by Crippen LogP contribution is 2.10. The SMILES string of the molecule is Cc1ccc(NC(=O)c2cc(C)nc(N)c2)nc1. The third-order valence-corrected chi connectivity index (χ3v) is 2.39. The molecule has 0 radical (unpaired) electrons. The Hall–Kier alpha value is -2.43. The molecule has 0 saturated heterocycles. The topological polar surface area (TPSA) is 80.9 Å². The van der Waals surface area contributed by atoms with E-state index >= 15 is 0 Å². The Morgan fingerprint density at radius 3 is 2.67 bits per heavy atom. The van der Waals surface area contributed by atoms with Crippen molar-refractivity contribution in [2.45, 2.75) is 13.8 Å². The fourth-order valence-corrected chi connectivity index (χ4v) is 1.56. The van der Waals surface area contributed by atoms with Crippen molar-refractivity contribution in [3.05, 3.63) is 47.3 Å². The Morgan fingerprint density at radius 1 is 1.28 bits per heavy atom. The highest BCUT2D eigenvalue weighted by Gasteiger charge is 2.08. The summed E-state index contributed by atoms with van der Waals surface area (Å²) in [6.45, 7) is 3.72. The van der Waals surface area contributed by atoms with Crippen molar-refractivity contribution < 1.29 is 4.79 Å². The summed E-state index contributed by atoms with van der Waals surface area (Å²) in [4.78, 5) is 20.1. The number of hydrogen-bond donors (Lipinski definition) is 2. The number of nitrogens with zero attached hydrogens (tertiary/aromatic N) is 2. The van der Waals surface area contributed by atoms with E-state index in [4.69, 9.17) is 5.73 Å². The van der Waals surface area contributed by atoms with Crippen LogP contribution in [0.5, 0.6) is 0 Å². The summed E-state index contributed by atoms with van der Waals surface area (Å²) in [5, 5.41) is 2.71. The number of nitrogen functional groups attached to an aromatic ring is 1. The van der Waals surface area contributed by atoms with Crippen LogP contribution in [-0.4, -0.2) is 15.9 Å². The molecule has 0 aliphatic heterocycles. The van der Waals surface area contributed by atoms with Crippen molar-refractivity contribution in [1.29, 1.82) is 0 Å². The molecule has 5 nitrogen and oxygen atoms in total. The van der Waals surface area contributed by atoms with Crippen molar-refractivity contribution in [3.8, 4) is 0 Å². The largest absolute Gasteiger partial charge is 0.384 e. The highest BCUT2D eigenvalue weighted by atomic mass is 16.1. The first kappa shape index (κ1) is 12.0. The maximum absolute atomic E-state index is 12.0. The molecule has 0 unspecified atom stereocenters. The number of carbonyl (C=O) groups is 1. The van der Waals surface area contributed by atoms with Crippen LogP contribution in [0.4, 0.5) is 11.6 Å². The van der Waals surface area contributed by atoms with Gasteiger partial charge >= 0.3 is 0 Å². The van der Waals surface area contributed by atoms with Crippen LogP contribution >= 0.6 is 0 Å². The van der Waals surface area contributed by atoms with Gasteiger partial charge in [-0.15, -0.1) is 0 Å². The molecule has 2 aromatic heterocycles. The lowest BCUT2D eigenvalue weighted by molar-refractivity contribution is 0.102. The van der Waals surface area contributed by atoms with Crippen LogP contribution in [0, 0.1) is 13.8 Å². The average molecular weight is 242 g/mol. The number of aromatic nitrogens is 2. The van der Waals surface area contributed by atoms with Gasteiger partial charge in [-0.2, -0.15) is 0 Å². The second-order valence-electron chi connectivity index (χ2n) is 4.10. The monoisotopic (exact) mass is 242 g/mol. The van der Waals surface area contributed by atoms with E-state index in [0.29, 0.717) is 22.9 Å². The van der Waals surface area contributed by atoms with Crippen molar-refractivity contribution in [2.75, 3.05) is 11.1 Å². The molecule has 2 heterocycles. The normalized spacial score (nSPS) is 10.1. The van der Waals surface area contributed by atoms with Gasteiger partial charge in [0, 0.05) is 17.5 Å². The maximum Gasteiger partial charge on any atom is 0.257 e. The number of carbonyl (C=O) groups excluding carboxylic acids is 1. The zero-order chi connectivity index (χ0) is 13.1. The lowest BCUT2D eigenvalue weighted by Gasteiger charge is -2.06. The molecule has 0 saturated carbocycles. The lowest BCUT2D eigenvalue weighted by atomic mass is 10.2. The number of pyridine rings is 2. The van der Waals surface area contributed by atoms with E-state index < -0.39 is 0 Å². The van der Waals surface area contributed by atoms with Crippen LogP contribution in [0.25, 0.3) is 0 Å². The minimum absolute atomic E-state index is 0.247. The van der Waals surface area contributed by atoms with E-state index in [-0.39, 0.29) is 5.91 Å². The minimum atomic E-state index is -0.247. The molecule has 0 aromatic carbocycles. The van der Waals surface area contributed by atoms with Gasteiger partial charge in [-0.25, -0.2) is 9.97 Å². The van der Waals surface area contributed by atoms with Crippen molar-refractivity contribution >= 4 is 17.5 Å². The Morgan fingerprint density at radius 2 is 2.06 bits per heavy atom. The first-order valence-corrected chi connectivity index (χ1v) is 5.53. The first-order chi connectivity index (χ1) is 8.54. The maximum atomic E-state index is 12.0. The van der Waals surface area contributed by atoms with E-state index in [0.717, 1.165) is 5.56 Å². The van der Waals surface area contributed by atoms with Crippen molar-refractivity contribution in [2.24, 2.45) is 0 Å². The Balaban J connectivity index is 2.19. The minimum Gasteiger partial charge on any atom is -0.384 e. The summed E-state index contributed by atoms with van der Waals surface area (Å²) in [6, 6.07) is 6.86. The molecule has 0 aliphatic carbocycles. The third-order valence-electron chi connectivity index (χ3n) is 2.39. The molecule has 0 fully saturated rings. The van der Waals surface area contributed by atoms with Crippen molar-refractivity contribution in [3.63, 3.8) is 0 Å². The van der Waals surface area contributed by atoms with Gasteiger partial charge in [0.05, 0.1) is 0 Å². The number of nitrogens with one attached hydrogen (secondary N) is 1. The van der Waals surface area contributed by atoms with E-state index in [1.54, 1.807) is 25.3 Å². The van der Waals surface area contributed by atoms with Gasteiger partial charge in [0.25, 0.3) is 5.91 Å². The fraction of sp³-hybridized carbons (Fsp3) is 0.154. The Labute approximate surface area is 105 Å². The van der Waals surface area contributed by atoms with Gasteiger partial charge in [0.15, 0.2) is 0 Å². The average Bonchev–Trinajstić information content (AvgIpc) is 2.31. The van der Waals surface area contributed by atoms with Gasteiger partial charge in [-0.3, -0.25) is 4.79 Å². The third kappa shape index (κ3) is 2.82. The van der Waals surface area contributed by atoms with Crippen molar-refractivity contribution in [1.82, 2.24) is 9.97 Å². The molecule has 1 amide bonds. The van der Waals surface area contributed by atoms with Gasteiger partial charge in [-0.1, -0.05) is 6.07 Å². The van der Waals surface area contributed by atoms with Crippen LogP contribution in [0.2, 0.25) is 0 Å². The fourth-order valence-electron chi connectivity index (χ4n) is 1.56. The van der Waals surface area contributed by atoms with Gasteiger partial charge in [0.2, 0.25) is 0 Å². The molecule has 3 N–H and O–H groups in total. The quantitative estimate of drug-likeness (QED) is 0.843. The molecular weight excluding hydrogens is 228 g/mol.